The summed E-state index contributed by atoms with van der Waals surface area (Å²) >= 11 is 0. The fourth-order valence-electron chi connectivity index (χ4n) is 3.00. The van der Waals surface area contributed by atoms with E-state index in [2.05, 4.69) is 34.4 Å². The molecule has 1 fully saturated rings. The number of hydrogen-bond acceptors (Lipinski definition) is 5. The van der Waals surface area contributed by atoms with Crippen molar-refractivity contribution >= 4 is 12.1 Å². The summed E-state index contributed by atoms with van der Waals surface area (Å²) in [6.45, 7) is 14.2. The van der Waals surface area contributed by atoms with E-state index in [0.29, 0.717) is 25.7 Å². The molecule has 164 valence electrons. The predicted octanol–water partition coefficient (Wildman–Crippen LogP) is 2.10. The Morgan fingerprint density at radius 1 is 1.29 bits per heavy atom. The first-order chi connectivity index (χ1) is 13.2. The van der Waals surface area contributed by atoms with Gasteiger partial charge in [0.25, 0.3) is 0 Å². The molecule has 1 aliphatic rings. The monoisotopic (exact) mass is 400 g/mol. The Kier molecular flexibility index (Phi) is 10.6. The molecule has 1 saturated heterocycles. The highest BCUT2D eigenvalue weighted by Crippen LogP contribution is 2.16. The smallest absolute Gasteiger partial charge is 0.407 e. The van der Waals surface area contributed by atoms with Gasteiger partial charge in [0.1, 0.15) is 5.60 Å². The molecule has 0 aromatic heterocycles. The maximum Gasteiger partial charge on any atom is 0.407 e. The number of carbonyl (C=O) groups excluding carboxylic acids is 1. The first-order valence-electron chi connectivity index (χ1n) is 10.2. The minimum atomic E-state index is -0.509. The topological polar surface area (TPSA) is 84.4 Å². The van der Waals surface area contributed by atoms with Crippen molar-refractivity contribution in [1.82, 2.24) is 15.5 Å². The summed E-state index contributed by atoms with van der Waals surface area (Å²) in [6, 6.07) is -0.0534. The summed E-state index contributed by atoms with van der Waals surface area (Å²) in [7, 11) is 3.47. The second kappa shape index (κ2) is 12.1. The number of aliphatic imine (C=N–C) groups is 1. The van der Waals surface area contributed by atoms with Crippen LogP contribution in [0, 0.1) is 11.8 Å². The third kappa shape index (κ3) is 9.59. The lowest BCUT2D eigenvalue weighted by Gasteiger charge is -2.28. The van der Waals surface area contributed by atoms with Gasteiger partial charge in [-0.05, 0) is 33.1 Å². The lowest BCUT2D eigenvalue weighted by Crippen LogP contribution is -2.50. The molecular formula is C20H40N4O4. The molecule has 1 rings (SSSR count). The van der Waals surface area contributed by atoms with Gasteiger partial charge in [-0.15, -0.1) is 0 Å². The number of ether oxygens (including phenoxy) is 3. The molecule has 2 N–H and O–H groups in total. The van der Waals surface area contributed by atoms with Gasteiger partial charge in [0.05, 0.1) is 25.9 Å². The van der Waals surface area contributed by atoms with Crippen molar-refractivity contribution in [3.05, 3.63) is 0 Å². The van der Waals surface area contributed by atoms with E-state index in [1.807, 2.05) is 20.8 Å². The van der Waals surface area contributed by atoms with Crippen molar-refractivity contribution in [2.24, 2.45) is 16.8 Å². The zero-order chi connectivity index (χ0) is 21.2. The Balaban J connectivity index is 2.47. The fraction of sp³-hybridized carbons (Fsp3) is 0.900. The highest BCUT2D eigenvalue weighted by Gasteiger charge is 2.26. The molecule has 2 unspecified atom stereocenters. The van der Waals surface area contributed by atoms with Gasteiger partial charge in [-0.25, -0.2) is 4.79 Å². The lowest BCUT2D eigenvalue weighted by atomic mass is 10.0. The largest absolute Gasteiger partial charge is 0.444 e. The van der Waals surface area contributed by atoms with E-state index in [1.54, 1.807) is 14.2 Å². The number of nitrogens with zero attached hydrogens (tertiary/aromatic N) is 2. The number of likely N-dealkylation sites (tertiary alicyclic amines) is 1. The predicted molar refractivity (Wildman–Crippen MR) is 112 cm³/mol. The number of nitrogens with one attached hydrogen (secondary N) is 2. The molecule has 0 bridgehead atoms. The maximum absolute atomic E-state index is 12.1. The van der Waals surface area contributed by atoms with Crippen molar-refractivity contribution in [1.29, 1.82) is 0 Å². The molecule has 0 saturated carbocycles. The van der Waals surface area contributed by atoms with Crippen LogP contribution in [-0.4, -0.2) is 82.2 Å². The quantitative estimate of drug-likeness (QED) is 0.350. The maximum atomic E-state index is 12.1. The Hall–Kier alpha value is -1.54. The van der Waals surface area contributed by atoms with Crippen LogP contribution in [0.4, 0.5) is 4.79 Å². The van der Waals surface area contributed by atoms with Gasteiger partial charge in [0.2, 0.25) is 0 Å². The minimum absolute atomic E-state index is 0.0534. The van der Waals surface area contributed by atoms with Gasteiger partial charge in [-0.3, -0.25) is 4.99 Å². The number of carbonyl (C=O) groups is 1. The zero-order valence-corrected chi connectivity index (χ0v) is 18.7. The molecule has 0 spiro atoms. The van der Waals surface area contributed by atoms with Gasteiger partial charge in [0.15, 0.2) is 5.96 Å². The standard InChI is InChI=1S/C20H40N4O4/c1-15(2)17(23-19(25)28-20(3,4)5)12-22-18(21-6)24-9-8-16(13-24)14-27-11-10-26-7/h15-17H,8-14H2,1-7H3,(H,21,22)(H,23,25). The van der Waals surface area contributed by atoms with Gasteiger partial charge in [-0.1, -0.05) is 13.8 Å². The van der Waals surface area contributed by atoms with E-state index in [0.717, 1.165) is 32.1 Å². The van der Waals surface area contributed by atoms with Crippen LogP contribution >= 0.6 is 0 Å². The van der Waals surface area contributed by atoms with Gasteiger partial charge < -0.3 is 29.7 Å². The molecule has 0 aromatic carbocycles. The van der Waals surface area contributed by atoms with Crippen LogP contribution in [-0.2, 0) is 14.2 Å². The molecule has 8 nitrogen and oxygen atoms in total. The van der Waals surface area contributed by atoms with Crippen LogP contribution < -0.4 is 10.6 Å². The van der Waals surface area contributed by atoms with Crippen LogP contribution in [0.5, 0.6) is 0 Å². The Morgan fingerprint density at radius 2 is 2.00 bits per heavy atom. The summed E-state index contributed by atoms with van der Waals surface area (Å²) in [6.07, 6.45) is 0.690. The SMILES string of the molecule is CN=C(NCC(NC(=O)OC(C)(C)C)C(C)C)N1CCC(COCCOC)C1. The van der Waals surface area contributed by atoms with Gasteiger partial charge >= 0.3 is 6.09 Å². The van der Waals surface area contributed by atoms with E-state index in [4.69, 9.17) is 14.2 Å². The molecule has 28 heavy (non-hydrogen) atoms. The Morgan fingerprint density at radius 3 is 2.57 bits per heavy atom. The first kappa shape index (κ1) is 24.5. The van der Waals surface area contributed by atoms with E-state index in [-0.39, 0.29) is 12.0 Å². The zero-order valence-electron chi connectivity index (χ0n) is 18.7. The van der Waals surface area contributed by atoms with Crippen molar-refractivity contribution in [3.63, 3.8) is 0 Å². The average molecular weight is 401 g/mol. The van der Waals surface area contributed by atoms with Crippen molar-refractivity contribution in [3.8, 4) is 0 Å². The minimum Gasteiger partial charge on any atom is -0.444 e. The van der Waals surface area contributed by atoms with Crippen LogP contribution in [0.25, 0.3) is 0 Å². The van der Waals surface area contributed by atoms with Gasteiger partial charge in [0, 0.05) is 39.7 Å². The Bertz CT molecular complexity index is 491. The van der Waals surface area contributed by atoms with E-state index in [1.165, 1.54) is 0 Å². The first-order valence-corrected chi connectivity index (χ1v) is 10.2. The molecule has 0 radical (unpaired) electrons. The number of hydrogen-bond donors (Lipinski definition) is 2. The average Bonchev–Trinajstić information content (AvgIpc) is 3.05. The van der Waals surface area contributed by atoms with Gasteiger partial charge in [-0.2, -0.15) is 0 Å². The number of methoxy groups -OCH3 is 1. The van der Waals surface area contributed by atoms with Crippen LogP contribution in [0.2, 0.25) is 0 Å². The molecule has 2 atom stereocenters. The molecule has 1 heterocycles. The number of guanidine groups is 1. The number of amides is 1. The van der Waals surface area contributed by atoms with Crippen molar-refractivity contribution in [2.75, 3.05) is 53.6 Å². The van der Waals surface area contributed by atoms with E-state index in [9.17, 15) is 4.79 Å². The third-order valence-corrected chi connectivity index (χ3v) is 4.57. The molecular weight excluding hydrogens is 360 g/mol. The van der Waals surface area contributed by atoms with Crippen molar-refractivity contribution < 1.29 is 19.0 Å². The summed E-state index contributed by atoms with van der Waals surface area (Å²) < 4.78 is 16.0. The summed E-state index contributed by atoms with van der Waals surface area (Å²) in [5, 5.41) is 6.37. The fourth-order valence-corrected chi connectivity index (χ4v) is 3.00. The summed E-state index contributed by atoms with van der Waals surface area (Å²) in [5.41, 5.74) is -0.509. The molecule has 0 aliphatic carbocycles. The summed E-state index contributed by atoms with van der Waals surface area (Å²) in [5.74, 6) is 1.62. The van der Waals surface area contributed by atoms with Crippen LogP contribution in [0.1, 0.15) is 41.0 Å². The number of alkyl carbamates (subject to hydrolysis) is 1. The van der Waals surface area contributed by atoms with Crippen molar-refractivity contribution in [2.45, 2.75) is 52.7 Å². The van der Waals surface area contributed by atoms with E-state index >= 15 is 0 Å². The number of rotatable bonds is 9. The Labute approximate surface area is 170 Å². The second-order valence-corrected chi connectivity index (χ2v) is 8.59. The molecule has 1 amide bonds. The highest BCUT2D eigenvalue weighted by atomic mass is 16.6. The normalized spacial score (nSPS) is 19.1. The van der Waals surface area contributed by atoms with Crippen LogP contribution in [0.3, 0.4) is 0 Å². The molecule has 1 aliphatic heterocycles. The molecule has 8 heteroatoms. The third-order valence-electron chi connectivity index (χ3n) is 4.57. The second-order valence-electron chi connectivity index (χ2n) is 8.59. The van der Waals surface area contributed by atoms with E-state index < -0.39 is 11.7 Å². The highest BCUT2D eigenvalue weighted by molar-refractivity contribution is 5.80. The lowest BCUT2D eigenvalue weighted by molar-refractivity contribution is 0.0491. The molecule has 0 aromatic rings. The van der Waals surface area contributed by atoms with Crippen LogP contribution in [0.15, 0.2) is 4.99 Å². The summed E-state index contributed by atoms with van der Waals surface area (Å²) in [4.78, 5) is 18.8.